The van der Waals surface area contributed by atoms with Crippen LogP contribution in [0.1, 0.15) is 16.1 Å². The van der Waals surface area contributed by atoms with Gasteiger partial charge in [0.05, 0.1) is 10.6 Å². The van der Waals surface area contributed by atoms with Crippen LogP contribution in [0.15, 0.2) is 22.0 Å². The van der Waals surface area contributed by atoms with Crippen molar-refractivity contribution in [3.8, 4) is 10.6 Å². The summed E-state index contributed by atoms with van der Waals surface area (Å²) in [7, 11) is 0. The van der Waals surface area contributed by atoms with Crippen LogP contribution in [-0.4, -0.2) is 40.6 Å². The summed E-state index contributed by atoms with van der Waals surface area (Å²) in [5.74, 6) is 2.66. The maximum atomic E-state index is 12.6. The SMILES string of the molecule is Cc1noc(-c2cccs2)c1C(=O)N1CCSCC1. The lowest BCUT2D eigenvalue weighted by Crippen LogP contribution is -2.38. The predicted molar refractivity (Wildman–Crippen MR) is 77.8 cm³/mol. The smallest absolute Gasteiger partial charge is 0.259 e. The molecule has 100 valence electrons. The minimum atomic E-state index is 0.0439. The van der Waals surface area contributed by atoms with Crippen molar-refractivity contribution in [3.05, 3.63) is 28.8 Å². The van der Waals surface area contributed by atoms with Gasteiger partial charge in [0.15, 0.2) is 5.76 Å². The van der Waals surface area contributed by atoms with Crippen LogP contribution in [0, 0.1) is 6.92 Å². The second-order valence-corrected chi connectivity index (χ2v) is 6.53. The van der Waals surface area contributed by atoms with Gasteiger partial charge in [-0.2, -0.15) is 11.8 Å². The van der Waals surface area contributed by atoms with E-state index < -0.39 is 0 Å². The standard InChI is InChI=1S/C13H14N2O2S2/c1-9-11(13(16)15-4-7-18-8-5-15)12(17-14-9)10-3-2-6-19-10/h2-3,6H,4-5,7-8H2,1H3. The first-order valence-electron chi connectivity index (χ1n) is 6.14. The molecule has 1 aliphatic rings. The van der Waals surface area contributed by atoms with Crippen molar-refractivity contribution in [3.63, 3.8) is 0 Å². The number of aromatic nitrogens is 1. The fourth-order valence-electron chi connectivity index (χ4n) is 2.12. The third kappa shape index (κ3) is 2.42. The van der Waals surface area contributed by atoms with Crippen LogP contribution in [0.5, 0.6) is 0 Å². The highest BCUT2D eigenvalue weighted by Crippen LogP contribution is 2.31. The normalized spacial score (nSPS) is 15.7. The number of rotatable bonds is 2. The van der Waals surface area contributed by atoms with E-state index >= 15 is 0 Å². The van der Waals surface area contributed by atoms with Crippen LogP contribution in [0.4, 0.5) is 0 Å². The van der Waals surface area contributed by atoms with Gasteiger partial charge < -0.3 is 9.42 Å². The molecular formula is C13H14N2O2S2. The average Bonchev–Trinajstić information content (AvgIpc) is 3.08. The van der Waals surface area contributed by atoms with Gasteiger partial charge in [-0.15, -0.1) is 11.3 Å². The Morgan fingerprint density at radius 2 is 2.21 bits per heavy atom. The zero-order valence-corrected chi connectivity index (χ0v) is 12.2. The number of carbonyl (C=O) groups excluding carboxylic acids is 1. The van der Waals surface area contributed by atoms with Crippen LogP contribution in [0.3, 0.4) is 0 Å². The Morgan fingerprint density at radius 3 is 2.89 bits per heavy atom. The topological polar surface area (TPSA) is 46.3 Å². The molecule has 0 N–H and O–H groups in total. The first kappa shape index (κ1) is 12.7. The summed E-state index contributed by atoms with van der Waals surface area (Å²) in [5.41, 5.74) is 1.29. The quantitative estimate of drug-likeness (QED) is 0.854. The second kappa shape index (κ2) is 5.38. The Morgan fingerprint density at radius 1 is 1.42 bits per heavy atom. The number of amides is 1. The Kier molecular flexibility index (Phi) is 3.61. The largest absolute Gasteiger partial charge is 0.354 e. The molecule has 0 saturated carbocycles. The van der Waals surface area contributed by atoms with E-state index in [1.807, 2.05) is 41.1 Å². The molecule has 6 heteroatoms. The molecule has 2 aromatic rings. The molecule has 0 bridgehead atoms. The summed E-state index contributed by atoms with van der Waals surface area (Å²) in [5, 5.41) is 5.94. The summed E-state index contributed by atoms with van der Waals surface area (Å²) in [6.07, 6.45) is 0. The Hall–Kier alpha value is -1.27. The van der Waals surface area contributed by atoms with Gasteiger partial charge in [0, 0.05) is 24.6 Å². The third-order valence-electron chi connectivity index (χ3n) is 3.12. The summed E-state index contributed by atoms with van der Waals surface area (Å²) in [6, 6.07) is 3.90. The molecule has 0 spiro atoms. The molecule has 4 nitrogen and oxygen atoms in total. The molecule has 19 heavy (non-hydrogen) atoms. The van der Waals surface area contributed by atoms with Crippen molar-refractivity contribution in [2.45, 2.75) is 6.92 Å². The van der Waals surface area contributed by atoms with Gasteiger partial charge in [0.2, 0.25) is 0 Å². The molecule has 2 aromatic heterocycles. The van der Waals surface area contributed by atoms with E-state index in [1.54, 1.807) is 11.3 Å². The molecule has 0 radical (unpaired) electrons. The number of nitrogens with zero attached hydrogens (tertiary/aromatic N) is 2. The Bertz CT molecular complexity index is 571. The van der Waals surface area contributed by atoms with Crippen LogP contribution in [0.2, 0.25) is 0 Å². The summed E-state index contributed by atoms with van der Waals surface area (Å²) in [6.45, 7) is 3.43. The molecule has 1 amide bonds. The van der Waals surface area contributed by atoms with Gasteiger partial charge >= 0.3 is 0 Å². The predicted octanol–water partition coefficient (Wildman–Crippen LogP) is 2.90. The van der Waals surface area contributed by atoms with Crippen LogP contribution >= 0.6 is 23.1 Å². The molecule has 0 unspecified atom stereocenters. The molecule has 3 rings (SSSR count). The van der Waals surface area contributed by atoms with E-state index in [1.165, 1.54) is 0 Å². The zero-order chi connectivity index (χ0) is 13.2. The molecule has 1 fully saturated rings. The van der Waals surface area contributed by atoms with Gasteiger partial charge in [-0.25, -0.2) is 0 Å². The van der Waals surface area contributed by atoms with Crippen molar-refractivity contribution in [1.82, 2.24) is 10.1 Å². The Labute approximate surface area is 119 Å². The number of thiophene rings is 1. The number of aryl methyl sites for hydroxylation is 1. The average molecular weight is 294 g/mol. The lowest BCUT2D eigenvalue weighted by Gasteiger charge is -2.26. The molecule has 0 atom stereocenters. The zero-order valence-electron chi connectivity index (χ0n) is 10.6. The Balaban J connectivity index is 1.95. The van der Waals surface area contributed by atoms with Crippen LogP contribution in [0.25, 0.3) is 10.6 Å². The van der Waals surface area contributed by atoms with Crippen LogP contribution in [-0.2, 0) is 0 Å². The van der Waals surface area contributed by atoms with E-state index in [4.69, 9.17) is 4.52 Å². The van der Waals surface area contributed by atoms with E-state index in [0.29, 0.717) is 17.0 Å². The lowest BCUT2D eigenvalue weighted by molar-refractivity contribution is 0.0772. The second-order valence-electron chi connectivity index (χ2n) is 4.35. The first-order valence-corrected chi connectivity index (χ1v) is 8.18. The van der Waals surface area contributed by atoms with Gasteiger partial charge in [-0.1, -0.05) is 11.2 Å². The fraction of sp³-hybridized carbons (Fsp3) is 0.385. The maximum Gasteiger partial charge on any atom is 0.259 e. The minimum absolute atomic E-state index is 0.0439. The van der Waals surface area contributed by atoms with Gasteiger partial charge in [0.1, 0.15) is 5.56 Å². The molecule has 0 aliphatic carbocycles. The van der Waals surface area contributed by atoms with Crippen molar-refractivity contribution in [1.29, 1.82) is 0 Å². The number of hydrogen-bond acceptors (Lipinski definition) is 5. The maximum absolute atomic E-state index is 12.6. The van der Waals surface area contributed by atoms with Crippen molar-refractivity contribution in [2.75, 3.05) is 24.6 Å². The third-order valence-corrected chi connectivity index (χ3v) is 4.93. The van der Waals surface area contributed by atoms with Crippen molar-refractivity contribution >= 4 is 29.0 Å². The van der Waals surface area contributed by atoms with E-state index in [0.717, 1.165) is 29.5 Å². The molecule has 0 aromatic carbocycles. The lowest BCUT2D eigenvalue weighted by atomic mass is 10.1. The highest BCUT2D eigenvalue weighted by molar-refractivity contribution is 7.99. The molecule has 1 aliphatic heterocycles. The van der Waals surface area contributed by atoms with E-state index in [-0.39, 0.29) is 5.91 Å². The van der Waals surface area contributed by atoms with E-state index in [2.05, 4.69) is 5.16 Å². The first-order chi connectivity index (χ1) is 9.27. The van der Waals surface area contributed by atoms with Gasteiger partial charge in [0.25, 0.3) is 5.91 Å². The minimum Gasteiger partial charge on any atom is -0.354 e. The number of thioether (sulfide) groups is 1. The fourth-order valence-corrected chi connectivity index (χ4v) is 3.73. The van der Waals surface area contributed by atoms with Crippen molar-refractivity contribution < 1.29 is 9.32 Å². The van der Waals surface area contributed by atoms with Crippen LogP contribution < -0.4 is 0 Å². The van der Waals surface area contributed by atoms with Gasteiger partial charge in [-0.05, 0) is 18.4 Å². The highest BCUT2D eigenvalue weighted by Gasteiger charge is 2.27. The van der Waals surface area contributed by atoms with Crippen molar-refractivity contribution in [2.24, 2.45) is 0 Å². The summed E-state index contributed by atoms with van der Waals surface area (Å²) in [4.78, 5) is 15.5. The monoisotopic (exact) mass is 294 g/mol. The summed E-state index contributed by atoms with van der Waals surface area (Å²) < 4.78 is 5.36. The number of carbonyl (C=O) groups is 1. The molecule has 1 saturated heterocycles. The summed E-state index contributed by atoms with van der Waals surface area (Å²) >= 11 is 3.45. The number of hydrogen-bond donors (Lipinski definition) is 0. The van der Waals surface area contributed by atoms with Gasteiger partial charge in [-0.3, -0.25) is 4.79 Å². The molecule has 3 heterocycles. The molecular weight excluding hydrogens is 280 g/mol. The van der Waals surface area contributed by atoms with E-state index in [9.17, 15) is 4.79 Å². The highest BCUT2D eigenvalue weighted by atomic mass is 32.2.